The first-order chi connectivity index (χ1) is 7.26. The van der Waals surface area contributed by atoms with Gasteiger partial charge in [0.05, 0.1) is 31.3 Å². The third-order valence-electron chi connectivity index (χ3n) is 1.94. The van der Waals surface area contributed by atoms with E-state index >= 15 is 0 Å². The lowest BCUT2D eigenvalue weighted by Crippen LogP contribution is -2.29. The Morgan fingerprint density at radius 3 is 2.27 bits per heavy atom. The fourth-order valence-electron chi connectivity index (χ4n) is 1.23. The third-order valence-corrected chi connectivity index (χ3v) is 1.94. The molecule has 1 aromatic rings. The molecule has 0 aliphatic heterocycles. The van der Waals surface area contributed by atoms with Crippen molar-refractivity contribution in [1.82, 2.24) is 14.9 Å². The van der Waals surface area contributed by atoms with Crippen molar-refractivity contribution in [3.05, 3.63) is 18.1 Å². The highest BCUT2D eigenvalue weighted by atomic mass is 16.3. The molecular weight excluding hydrogens is 196 g/mol. The van der Waals surface area contributed by atoms with E-state index in [2.05, 4.69) is 9.97 Å². The molecule has 0 unspecified atom stereocenters. The standard InChI is InChI=1S/C9H16N4O2/c10-9-6-11-8(5-12-9)7-13(1-3-14)2-4-15/h5-6,14-15H,1-4,7H2,(H2,10,12). The second-order valence-electron chi connectivity index (χ2n) is 3.16. The molecule has 0 radical (unpaired) electrons. The lowest BCUT2D eigenvalue weighted by molar-refractivity contribution is 0.154. The van der Waals surface area contributed by atoms with Gasteiger partial charge in [-0.2, -0.15) is 0 Å². The summed E-state index contributed by atoms with van der Waals surface area (Å²) in [5, 5.41) is 17.6. The summed E-state index contributed by atoms with van der Waals surface area (Å²) in [7, 11) is 0. The van der Waals surface area contributed by atoms with Crippen LogP contribution in [0, 0.1) is 0 Å². The van der Waals surface area contributed by atoms with Crippen LogP contribution in [-0.4, -0.2) is 51.4 Å². The normalized spacial score (nSPS) is 10.9. The molecule has 0 atom stereocenters. The number of nitrogens with zero attached hydrogens (tertiary/aromatic N) is 3. The highest BCUT2D eigenvalue weighted by Gasteiger charge is 2.05. The van der Waals surface area contributed by atoms with Gasteiger partial charge in [-0.25, -0.2) is 4.98 Å². The molecule has 0 aliphatic rings. The van der Waals surface area contributed by atoms with Gasteiger partial charge in [0, 0.05) is 19.6 Å². The van der Waals surface area contributed by atoms with Crippen LogP contribution in [0.2, 0.25) is 0 Å². The fourth-order valence-corrected chi connectivity index (χ4v) is 1.23. The van der Waals surface area contributed by atoms with Crippen molar-refractivity contribution >= 4 is 5.82 Å². The Bertz CT molecular complexity index is 272. The van der Waals surface area contributed by atoms with E-state index in [1.807, 2.05) is 4.90 Å². The summed E-state index contributed by atoms with van der Waals surface area (Å²) in [4.78, 5) is 9.90. The fraction of sp³-hybridized carbons (Fsp3) is 0.556. The van der Waals surface area contributed by atoms with E-state index < -0.39 is 0 Å². The van der Waals surface area contributed by atoms with Gasteiger partial charge in [-0.1, -0.05) is 0 Å². The maximum Gasteiger partial charge on any atom is 0.141 e. The summed E-state index contributed by atoms with van der Waals surface area (Å²) in [5.74, 6) is 0.384. The predicted octanol–water partition coefficient (Wildman–Crippen LogP) is -1.15. The van der Waals surface area contributed by atoms with Gasteiger partial charge in [-0.05, 0) is 0 Å². The van der Waals surface area contributed by atoms with E-state index in [4.69, 9.17) is 15.9 Å². The van der Waals surface area contributed by atoms with Gasteiger partial charge < -0.3 is 15.9 Å². The smallest absolute Gasteiger partial charge is 0.141 e. The van der Waals surface area contributed by atoms with Crippen molar-refractivity contribution in [2.45, 2.75) is 6.54 Å². The molecule has 0 bridgehead atoms. The van der Waals surface area contributed by atoms with Crippen molar-refractivity contribution in [2.75, 3.05) is 32.0 Å². The molecule has 1 aromatic heterocycles. The maximum absolute atomic E-state index is 8.81. The molecule has 0 saturated heterocycles. The Morgan fingerprint density at radius 2 is 1.80 bits per heavy atom. The van der Waals surface area contributed by atoms with E-state index in [1.165, 1.54) is 6.20 Å². The van der Waals surface area contributed by atoms with Gasteiger partial charge in [0.1, 0.15) is 5.82 Å². The lowest BCUT2D eigenvalue weighted by atomic mass is 10.3. The molecule has 0 amide bonds. The zero-order valence-electron chi connectivity index (χ0n) is 8.50. The Kier molecular flexibility index (Phi) is 4.96. The van der Waals surface area contributed by atoms with Crippen LogP contribution in [0.4, 0.5) is 5.82 Å². The quantitative estimate of drug-likeness (QED) is 0.551. The van der Waals surface area contributed by atoms with Gasteiger partial charge in [-0.15, -0.1) is 0 Å². The zero-order chi connectivity index (χ0) is 11.1. The summed E-state index contributed by atoms with van der Waals surface area (Å²) in [6.07, 6.45) is 3.09. The molecule has 0 fully saturated rings. The Balaban J connectivity index is 2.53. The SMILES string of the molecule is Nc1cnc(CN(CCO)CCO)cn1. The van der Waals surface area contributed by atoms with Gasteiger partial charge >= 0.3 is 0 Å². The first-order valence-corrected chi connectivity index (χ1v) is 4.76. The second-order valence-corrected chi connectivity index (χ2v) is 3.16. The number of hydrogen-bond donors (Lipinski definition) is 3. The number of aliphatic hydroxyl groups excluding tert-OH is 2. The number of nitrogens with two attached hydrogens (primary N) is 1. The van der Waals surface area contributed by atoms with Crippen LogP contribution >= 0.6 is 0 Å². The summed E-state index contributed by atoms with van der Waals surface area (Å²) in [5.41, 5.74) is 6.18. The molecule has 15 heavy (non-hydrogen) atoms. The van der Waals surface area contributed by atoms with E-state index in [-0.39, 0.29) is 13.2 Å². The minimum atomic E-state index is 0.0579. The lowest BCUT2D eigenvalue weighted by Gasteiger charge is -2.19. The molecule has 1 rings (SSSR count). The van der Waals surface area contributed by atoms with Gasteiger partial charge in [0.15, 0.2) is 0 Å². The van der Waals surface area contributed by atoms with Crippen LogP contribution in [0.15, 0.2) is 12.4 Å². The molecule has 4 N–H and O–H groups in total. The summed E-state index contributed by atoms with van der Waals surface area (Å²) < 4.78 is 0. The first kappa shape index (κ1) is 11.8. The van der Waals surface area contributed by atoms with Gasteiger partial charge in [0.2, 0.25) is 0 Å². The zero-order valence-corrected chi connectivity index (χ0v) is 8.50. The average Bonchev–Trinajstić information content (AvgIpc) is 2.22. The van der Waals surface area contributed by atoms with E-state index in [0.29, 0.717) is 25.5 Å². The van der Waals surface area contributed by atoms with Crippen molar-refractivity contribution in [3.8, 4) is 0 Å². The molecule has 84 valence electrons. The third kappa shape index (κ3) is 4.20. The van der Waals surface area contributed by atoms with Crippen LogP contribution in [0.1, 0.15) is 5.69 Å². The number of anilines is 1. The Morgan fingerprint density at radius 1 is 1.13 bits per heavy atom. The number of hydrogen-bond acceptors (Lipinski definition) is 6. The molecule has 0 saturated carbocycles. The van der Waals surface area contributed by atoms with Crippen LogP contribution in [0.25, 0.3) is 0 Å². The Hall–Kier alpha value is -1.24. The minimum absolute atomic E-state index is 0.0579. The van der Waals surface area contributed by atoms with E-state index in [9.17, 15) is 0 Å². The first-order valence-electron chi connectivity index (χ1n) is 4.76. The van der Waals surface area contributed by atoms with Crippen LogP contribution in [0.3, 0.4) is 0 Å². The molecule has 0 aliphatic carbocycles. The highest BCUT2D eigenvalue weighted by molar-refractivity contribution is 5.22. The van der Waals surface area contributed by atoms with E-state index in [0.717, 1.165) is 5.69 Å². The highest BCUT2D eigenvalue weighted by Crippen LogP contribution is 2.01. The predicted molar refractivity (Wildman–Crippen MR) is 55.9 cm³/mol. The molecular formula is C9H16N4O2. The summed E-state index contributed by atoms with van der Waals surface area (Å²) >= 11 is 0. The topological polar surface area (TPSA) is 95.5 Å². The molecule has 0 aromatic carbocycles. The van der Waals surface area contributed by atoms with Crippen molar-refractivity contribution in [3.63, 3.8) is 0 Å². The molecule has 6 heteroatoms. The number of aliphatic hydroxyl groups is 2. The van der Waals surface area contributed by atoms with Crippen molar-refractivity contribution < 1.29 is 10.2 Å². The number of nitrogen functional groups attached to an aromatic ring is 1. The van der Waals surface area contributed by atoms with Gasteiger partial charge in [-0.3, -0.25) is 9.88 Å². The average molecular weight is 212 g/mol. The van der Waals surface area contributed by atoms with E-state index in [1.54, 1.807) is 6.20 Å². The van der Waals surface area contributed by atoms with Gasteiger partial charge in [0.25, 0.3) is 0 Å². The van der Waals surface area contributed by atoms with Crippen molar-refractivity contribution in [1.29, 1.82) is 0 Å². The molecule has 6 nitrogen and oxygen atoms in total. The van der Waals surface area contributed by atoms with Crippen LogP contribution < -0.4 is 5.73 Å². The molecule has 0 spiro atoms. The molecule has 1 heterocycles. The number of rotatable bonds is 6. The maximum atomic E-state index is 8.81. The van der Waals surface area contributed by atoms with Crippen molar-refractivity contribution in [2.24, 2.45) is 0 Å². The monoisotopic (exact) mass is 212 g/mol. The van der Waals surface area contributed by atoms with Crippen LogP contribution in [0.5, 0.6) is 0 Å². The Labute approximate surface area is 88.4 Å². The second kappa shape index (κ2) is 6.28. The largest absolute Gasteiger partial charge is 0.395 e. The number of aromatic nitrogens is 2. The van der Waals surface area contributed by atoms with Crippen LogP contribution in [-0.2, 0) is 6.54 Å². The summed E-state index contributed by atoms with van der Waals surface area (Å²) in [6.45, 7) is 1.68. The minimum Gasteiger partial charge on any atom is -0.395 e. The summed E-state index contributed by atoms with van der Waals surface area (Å²) in [6, 6.07) is 0.